The van der Waals surface area contributed by atoms with Crippen LogP contribution in [-0.4, -0.2) is 0 Å². The largest absolute Gasteiger partial charge is 0.310 e. The van der Waals surface area contributed by atoms with Gasteiger partial charge in [0, 0.05) is 22.1 Å². The molecule has 13 aromatic carbocycles. The minimum Gasteiger partial charge on any atom is -0.310 e. The minimum absolute atomic E-state index is 0.211. The number of nitriles is 2. The van der Waals surface area contributed by atoms with Gasteiger partial charge in [-0.05, 0) is 161 Å². The quantitative estimate of drug-likeness (QED) is 0.142. The summed E-state index contributed by atoms with van der Waals surface area (Å²) in [5.41, 5.74) is 8.61. The van der Waals surface area contributed by atoms with Crippen molar-refractivity contribution in [3.05, 3.63) is 265 Å². The molecule has 0 aliphatic carbocycles. The van der Waals surface area contributed by atoms with E-state index in [4.69, 9.17) is 0 Å². The van der Waals surface area contributed by atoms with Crippen LogP contribution >= 0.6 is 0 Å². The summed E-state index contributed by atoms with van der Waals surface area (Å²) in [7, 11) is 0. The summed E-state index contributed by atoms with van der Waals surface area (Å²) in [5.74, 6) is -1.02. The Balaban J connectivity index is 1.17. The molecular weight excluding hydrogens is 911 g/mol. The molecular formula is C68H40F2N4. The van der Waals surface area contributed by atoms with Gasteiger partial charge < -0.3 is 9.80 Å². The molecule has 0 N–H and O–H groups in total. The average Bonchev–Trinajstić information content (AvgIpc) is 3.50. The van der Waals surface area contributed by atoms with Crippen molar-refractivity contribution in [2.45, 2.75) is 0 Å². The first kappa shape index (κ1) is 43.8. The van der Waals surface area contributed by atoms with E-state index in [1.165, 1.54) is 24.3 Å². The summed E-state index contributed by atoms with van der Waals surface area (Å²) in [4.78, 5) is 4.10. The predicted molar refractivity (Wildman–Crippen MR) is 301 cm³/mol. The molecule has 0 saturated carbocycles. The first-order chi connectivity index (χ1) is 36.4. The van der Waals surface area contributed by atoms with Crippen LogP contribution in [0, 0.1) is 34.3 Å². The van der Waals surface area contributed by atoms with Gasteiger partial charge >= 0.3 is 0 Å². The van der Waals surface area contributed by atoms with Crippen molar-refractivity contribution in [2.24, 2.45) is 0 Å². The van der Waals surface area contributed by atoms with Crippen LogP contribution in [0.15, 0.2) is 243 Å². The van der Waals surface area contributed by atoms with E-state index in [0.717, 1.165) is 110 Å². The zero-order chi connectivity index (χ0) is 49.9. The Morgan fingerprint density at radius 2 is 0.676 bits per heavy atom. The van der Waals surface area contributed by atoms with Crippen molar-refractivity contribution < 1.29 is 8.78 Å². The minimum atomic E-state index is -0.512. The molecule has 0 unspecified atom stereocenters. The fraction of sp³-hybridized carbons (Fsp3) is 0. The lowest BCUT2D eigenvalue weighted by Crippen LogP contribution is -2.12. The number of rotatable bonds is 8. The maximum atomic E-state index is 15.7. The highest BCUT2D eigenvalue weighted by Crippen LogP contribution is 2.50. The molecule has 0 heterocycles. The molecule has 0 saturated heterocycles. The average molecular weight is 951 g/mol. The summed E-state index contributed by atoms with van der Waals surface area (Å²) in [6.07, 6.45) is 0. The van der Waals surface area contributed by atoms with Gasteiger partial charge in [-0.25, -0.2) is 8.78 Å². The molecule has 0 radical (unpaired) electrons. The third kappa shape index (κ3) is 7.58. The molecule has 0 spiro atoms. The molecule has 13 rings (SSSR count). The van der Waals surface area contributed by atoms with E-state index < -0.39 is 11.6 Å². The zero-order valence-corrected chi connectivity index (χ0v) is 39.6. The van der Waals surface area contributed by atoms with Crippen LogP contribution in [0.3, 0.4) is 0 Å². The Bertz CT molecular complexity index is 4230. The van der Waals surface area contributed by atoms with E-state index in [2.05, 4.69) is 168 Å². The molecule has 0 bridgehead atoms. The molecule has 0 atom stereocenters. The molecule has 13 aromatic rings. The number of nitrogens with zero attached hydrogens (tertiary/aromatic N) is 4. The van der Waals surface area contributed by atoms with Gasteiger partial charge in [0.1, 0.15) is 11.6 Å². The second-order valence-corrected chi connectivity index (χ2v) is 18.6. The van der Waals surface area contributed by atoms with E-state index in [-0.39, 0.29) is 11.1 Å². The number of halogens is 2. The summed E-state index contributed by atoms with van der Waals surface area (Å²) in [6, 6.07) is 84.6. The Labute approximate surface area is 425 Å². The second kappa shape index (κ2) is 17.9. The fourth-order valence-corrected chi connectivity index (χ4v) is 11.0. The highest BCUT2D eigenvalue weighted by Gasteiger charge is 2.25. The molecule has 6 heteroatoms. The van der Waals surface area contributed by atoms with Gasteiger partial charge in [-0.15, -0.1) is 0 Å². The number of fused-ring (bicyclic) bond motifs is 6. The Kier molecular flexibility index (Phi) is 10.6. The van der Waals surface area contributed by atoms with Crippen molar-refractivity contribution in [1.29, 1.82) is 10.5 Å². The molecule has 0 aliphatic heterocycles. The van der Waals surface area contributed by atoms with E-state index in [9.17, 15) is 10.5 Å². The summed E-state index contributed by atoms with van der Waals surface area (Å²) >= 11 is 0. The monoisotopic (exact) mass is 950 g/mol. The van der Waals surface area contributed by atoms with Crippen molar-refractivity contribution in [2.75, 3.05) is 9.80 Å². The van der Waals surface area contributed by atoms with Gasteiger partial charge in [0.25, 0.3) is 0 Å². The maximum absolute atomic E-state index is 15.7. The number of anilines is 6. The standard InChI is InChI=1S/C68H40F2N4/c69-53-31-43(41-71)33-57(37-53)73(65-21-9-17-47-13-5-7-19-59(47)65)55-28-30-62-63(39-55)67(51-25-23-45-11-1-3-15-49(45)35-51)61-29-27-56(40-64(61)68(62)52-26-24-46-12-2-4-16-50(46)36-52)74(58-34-44(42-72)32-54(70)38-58)66-22-10-18-48-14-6-8-20-60(48)66/h1-40H. The smallest absolute Gasteiger partial charge is 0.126 e. The lowest BCUT2D eigenvalue weighted by atomic mass is 9.84. The Morgan fingerprint density at radius 1 is 0.284 bits per heavy atom. The molecule has 0 aliphatic rings. The third-order valence-electron chi connectivity index (χ3n) is 14.2. The second-order valence-electron chi connectivity index (χ2n) is 18.6. The first-order valence-electron chi connectivity index (χ1n) is 24.4. The van der Waals surface area contributed by atoms with E-state index >= 15 is 8.78 Å². The summed E-state index contributed by atoms with van der Waals surface area (Å²) in [5, 5.41) is 32.5. The SMILES string of the molecule is N#Cc1cc(F)cc(N(c2ccc3c(-c4ccc5ccccc5c4)c4cc(N(c5cc(F)cc(C#N)c5)c5cccc6ccccc56)ccc4c(-c4ccc5ccccc5c4)c3c2)c2cccc3ccccc23)c1. The van der Waals surface area contributed by atoms with Crippen LogP contribution in [0.4, 0.5) is 42.9 Å². The maximum Gasteiger partial charge on any atom is 0.126 e. The van der Waals surface area contributed by atoms with Crippen molar-refractivity contribution >= 4 is 98.8 Å². The predicted octanol–water partition coefficient (Wildman–Crippen LogP) is 18.9. The zero-order valence-electron chi connectivity index (χ0n) is 39.6. The molecule has 0 aromatic heterocycles. The van der Waals surface area contributed by atoms with Crippen LogP contribution in [0.5, 0.6) is 0 Å². The van der Waals surface area contributed by atoms with Gasteiger partial charge in [-0.3, -0.25) is 0 Å². The highest BCUT2D eigenvalue weighted by molar-refractivity contribution is 6.23. The van der Waals surface area contributed by atoms with E-state index in [1.807, 2.05) is 60.7 Å². The third-order valence-corrected chi connectivity index (χ3v) is 14.2. The Morgan fingerprint density at radius 3 is 1.11 bits per heavy atom. The lowest BCUT2D eigenvalue weighted by molar-refractivity contribution is 0.627. The van der Waals surface area contributed by atoms with Gasteiger partial charge in [-0.1, -0.05) is 158 Å². The topological polar surface area (TPSA) is 54.1 Å². The van der Waals surface area contributed by atoms with Crippen LogP contribution in [0.25, 0.3) is 86.9 Å². The molecule has 74 heavy (non-hydrogen) atoms. The van der Waals surface area contributed by atoms with Crippen LogP contribution in [0.2, 0.25) is 0 Å². The first-order valence-corrected chi connectivity index (χ1v) is 24.4. The highest BCUT2D eigenvalue weighted by atomic mass is 19.1. The normalized spacial score (nSPS) is 11.4. The number of hydrogen-bond donors (Lipinski definition) is 0. The number of hydrogen-bond acceptors (Lipinski definition) is 4. The van der Waals surface area contributed by atoms with Gasteiger partial charge in [-0.2, -0.15) is 10.5 Å². The van der Waals surface area contributed by atoms with Crippen LogP contribution in [0.1, 0.15) is 11.1 Å². The van der Waals surface area contributed by atoms with Crippen molar-refractivity contribution in [3.63, 3.8) is 0 Å². The van der Waals surface area contributed by atoms with Crippen LogP contribution < -0.4 is 9.80 Å². The molecule has 0 fully saturated rings. The molecule has 0 amide bonds. The summed E-state index contributed by atoms with van der Waals surface area (Å²) < 4.78 is 31.5. The Hall–Kier alpha value is -10.1. The van der Waals surface area contributed by atoms with Crippen molar-refractivity contribution in [3.8, 4) is 34.4 Å². The van der Waals surface area contributed by atoms with E-state index in [0.29, 0.717) is 11.4 Å². The number of benzene rings is 13. The molecule has 4 nitrogen and oxygen atoms in total. The van der Waals surface area contributed by atoms with Crippen LogP contribution in [-0.2, 0) is 0 Å². The van der Waals surface area contributed by atoms with Gasteiger partial charge in [0.15, 0.2) is 0 Å². The fourth-order valence-electron chi connectivity index (χ4n) is 11.0. The van der Waals surface area contributed by atoms with Gasteiger partial charge in [0.2, 0.25) is 0 Å². The van der Waals surface area contributed by atoms with Crippen molar-refractivity contribution in [1.82, 2.24) is 0 Å². The lowest BCUT2D eigenvalue weighted by Gasteiger charge is -2.29. The van der Waals surface area contributed by atoms with Gasteiger partial charge in [0.05, 0.1) is 46.0 Å². The summed E-state index contributed by atoms with van der Waals surface area (Å²) in [6.45, 7) is 0. The molecule has 346 valence electrons. The van der Waals surface area contributed by atoms with E-state index in [1.54, 1.807) is 12.1 Å².